The minimum Gasteiger partial charge on any atom is -0.312 e. The highest BCUT2D eigenvalue weighted by Crippen LogP contribution is 2.44. The van der Waals surface area contributed by atoms with Gasteiger partial charge in [0.1, 0.15) is 0 Å². The van der Waals surface area contributed by atoms with Crippen molar-refractivity contribution in [2.24, 2.45) is 0 Å². The van der Waals surface area contributed by atoms with E-state index in [1.165, 1.54) is 107 Å². The maximum atomic E-state index is 2.56. The lowest BCUT2D eigenvalue weighted by Gasteiger charge is -2.18. The maximum Gasteiger partial charge on any atom is 0.0637 e. The highest BCUT2D eigenvalue weighted by Gasteiger charge is 2.24. The molecule has 0 fully saturated rings. The van der Waals surface area contributed by atoms with Gasteiger partial charge < -0.3 is 9.13 Å². The first-order valence-electron chi connectivity index (χ1n) is 18.0. The molecule has 0 bridgehead atoms. The average Bonchev–Trinajstić information content (AvgIpc) is 3.95. The number of benzene rings is 7. The van der Waals surface area contributed by atoms with Crippen molar-refractivity contribution in [1.29, 1.82) is 0 Å². The fraction of sp³-hybridized carbons (Fsp3) is 0.0417. The van der Waals surface area contributed by atoms with Crippen LogP contribution in [0.3, 0.4) is 0 Å². The van der Waals surface area contributed by atoms with Crippen molar-refractivity contribution in [3.05, 3.63) is 168 Å². The topological polar surface area (TPSA) is 9.86 Å². The maximum absolute atomic E-state index is 2.56. The fourth-order valence-corrected chi connectivity index (χ4v) is 11.2. The molecule has 0 N–H and O–H groups in total. The van der Waals surface area contributed by atoms with Crippen LogP contribution < -0.4 is 0 Å². The Hall–Kier alpha value is -5.94. The molecule has 0 atom stereocenters. The number of rotatable bonds is 3. The summed E-state index contributed by atoms with van der Waals surface area (Å²) < 4.78 is 10.4. The van der Waals surface area contributed by atoms with Gasteiger partial charge in [0.15, 0.2) is 0 Å². The first-order valence-corrected chi connectivity index (χ1v) is 19.6. The Morgan fingerprint density at radius 1 is 0.423 bits per heavy atom. The van der Waals surface area contributed by atoms with Gasteiger partial charge in [-0.3, -0.25) is 0 Å². The molecule has 1 aliphatic carbocycles. The molecule has 1 aliphatic rings. The van der Waals surface area contributed by atoms with Crippen LogP contribution >= 0.6 is 22.7 Å². The number of nitrogens with zero attached hydrogens (tertiary/aromatic N) is 2. The normalized spacial score (nSPS) is 13.3. The molecule has 2 nitrogen and oxygen atoms in total. The fourth-order valence-electron chi connectivity index (χ4n) is 8.94. The lowest BCUT2D eigenvalue weighted by Crippen LogP contribution is -2.05. The smallest absolute Gasteiger partial charge is 0.0637 e. The third-order valence-electron chi connectivity index (χ3n) is 11.3. The van der Waals surface area contributed by atoms with Gasteiger partial charge in [0.25, 0.3) is 0 Å². The zero-order chi connectivity index (χ0) is 33.9. The monoisotopic (exact) mass is 698 g/mol. The Labute approximate surface area is 307 Å². The quantitative estimate of drug-likeness (QED) is 0.174. The minimum atomic E-state index is 0.992. The number of thiophene rings is 2. The van der Waals surface area contributed by atoms with Gasteiger partial charge in [-0.05, 0) is 90.7 Å². The molecule has 0 saturated heterocycles. The van der Waals surface area contributed by atoms with Crippen LogP contribution in [-0.2, 0) is 6.42 Å². The zero-order valence-electron chi connectivity index (χ0n) is 28.1. The molecule has 7 aromatic carbocycles. The van der Waals surface area contributed by atoms with Gasteiger partial charge in [-0.2, -0.15) is 0 Å². The van der Waals surface area contributed by atoms with Crippen molar-refractivity contribution in [3.63, 3.8) is 0 Å². The van der Waals surface area contributed by atoms with Crippen LogP contribution in [0.25, 0.3) is 96.1 Å². The average molecular weight is 699 g/mol. The molecule has 4 heteroatoms. The predicted molar refractivity (Wildman–Crippen MR) is 226 cm³/mol. The Kier molecular flexibility index (Phi) is 5.96. The van der Waals surface area contributed by atoms with Crippen molar-refractivity contribution in [1.82, 2.24) is 9.13 Å². The van der Waals surface area contributed by atoms with Crippen LogP contribution in [0.5, 0.6) is 0 Å². The molecule has 0 saturated carbocycles. The van der Waals surface area contributed by atoms with E-state index in [4.69, 9.17) is 0 Å². The van der Waals surface area contributed by atoms with E-state index in [0.717, 1.165) is 12.8 Å². The van der Waals surface area contributed by atoms with Gasteiger partial charge in [-0.25, -0.2) is 0 Å². The van der Waals surface area contributed by atoms with Crippen LogP contribution in [0, 0.1) is 0 Å². The van der Waals surface area contributed by atoms with Crippen molar-refractivity contribution in [2.75, 3.05) is 0 Å². The van der Waals surface area contributed by atoms with E-state index in [1.807, 2.05) is 22.7 Å². The van der Waals surface area contributed by atoms with E-state index in [1.54, 1.807) is 0 Å². The molecular weight excluding hydrogens is 669 g/mol. The molecule has 0 spiro atoms. The lowest BCUT2D eigenvalue weighted by atomic mass is 9.90. The van der Waals surface area contributed by atoms with Crippen LogP contribution in [0.4, 0.5) is 0 Å². The molecule has 0 aliphatic heterocycles. The third kappa shape index (κ3) is 3.99. The van der Waals surface area contributed by atoms with E-state index in [9.17, 15) is 0 Å². The van der Waals surface area contributed by atoms with E-state index >= 15 is 0 Å². The summed E-state index contributed by atoms with van der Waals surface area (Å²) in [5.74, 6) is 0. The minimum absolute atomic E-state index is 0.992. The number of hydrogen-bond donors (Lipinski definition) is 0. The lowest BCUT2D eigenvalue weighted by molar-refractivity contribution is 0.902. The summed E-state index contributed by atoms with van der Waals surface area (Å²) >= 11 is 3.78. The summed E-state index contributed by atoms with van der Waals surface area (Å²) in [6, 6.07) is 56.4. The second-order valence-corrected chi connectivity index (χ2v) is 16.1. The third-order valence-corrected chi connectivity index (χ3v) is 13.6. The molecule has 0 amide bonds. The number of para-hydroxylation sites is 2. The van der Waals surface area contributed by atoms with Gasteiger partial charge in [0, 0.05) is 68.7 Å². The zero-order valence-corrected chi connectivity index (χ0v) is 29.8. The highest BCUT2D eigenvalue weighted by molar-refractivity contribution is 7.26. The molecular formula is C48H30N2S2. The number of aromatic nitrogens is 2. The first kappa shape index (κ1) is 28.7. The van der Waals surface area contributed by atoms with Gasteiger partial charge in [-0.15, -0.1) is 22.7 Å². The van der Waals surface area contributed by atoms with Crippen LogP contribution in [0.1, 0.15) is 23.2 Å². The summed E-state index contributed by atoms with van der Waals surface area (Å²) in [7, 11) is 0. The molecule has 0 radical (unpaired) electrons. The van der Waals surface area contributed by atoms with E-state index in [-0.39, 0.29) is 0 Å². The molecule has 4 heterocycles. The summed E-state index contributed by atoms with van der Waals surface area (Å²) in [6.07, 6.45) is 4.47. The molecule has 12 rings (SSSR count). The van der Waals surface area contributed by atoms with E-state index < -0.39 is 0 Å². The van der Waals surface area contributed by atoms with Crippen LogP contribution in [0.15, 0.2) is 152 Å². The van der Waals surface area contributed by atoms with Crippen molar-refractivity contribution >= 4 is 107 Å². The SMILES string of the molecule is C1=C(c2ccc3c(c2)c2ccccc2n3-c2ccc3sc4ccccc4c3c2)CCc2c1c1ccccc1n2-c1cccc2c1sc1ccccc12. The second kappa shape index (κ2) is 10.8. The highest BCUT2D eigenvalue weighted by atomic mass is 32.1. The summed E-state index contributed by atoms with van der Waals surface area (Å²) in [6.45, 7) is 0. The predicted octanol–water partition coefficient (Wildman–Crippen LogP) is 14.0. The first-order chi connectivity index (χ1) is 25.8. The van der Waals surface area contributed by atoms with E-state index in [2.05, 4.69) is 167 Å². The number of hydrogen-bond acceptors (Lipinski definition) is 2. The summed E-state index contributed by atoms with van der Waals surface area (Å²) in [5, 5.41) is 9.25. The van der Waals surface area contributed by atoms with Crippen molar-refractivity contribution < 1.29 is 0 Å². The second-order valence-electron chi connectivity index (χ2n) is 14.0. The van der Waals surface area contributed by atoms with Crippen molar-refractivity contribution in [2.45, 2.75) is 12.8 Å². The number of fused-ring (bicyclic) bond motifs is 12. The molecule has 244 valence electrons. The van der Waals surface area contributed by atoms with Crippen LogP contribution in [0.2, 0.25) is 0 Å². The largest absolute Gasteiger partial charge is 0.312 e. The van der Waals surface area contributed by atoms with Crippen LogP contribution in [-0.4, -0.2) is 9.13 Å². The molecule has 0 unspecified atom stereocenters. The van der Waals surface area contributed by atoms with Gasteiger partial charge >= 0.3 is 0 Å². The van der Waals surface area contributed by atoms with Gasteiger partial charge in [-0.1, -0.05) is 91.0 Å². The molecule has 52 heavy (non-hydrogen) atoms. The van der Waals surface area contributed by atoms with Gasteiger partial charge in [0.2, 0.25) is 0 Å². The van der Waals surface area contributed by atoms with E-state index in [0.29, 0.717) is 0 Å². The molecule has 11 aromatic rings. The Balaban J connectivity index is 1.03. The van der Waals surface area contributed by atoms with Gasteiger partial charge in [0.05, 0.1) is 26.9 Å². The standard InChI is InChI=1S/C48H30N2S2/c1-5-15-40-32(10-1)37-26-29(20-23-42(37)49(40)31-22-25-47-39(28-31)35-13-4-7-18-45(35)51-47)30-21-24-43-38(27-30)33-11-2-6-16-41(33)50(43)44-17-9-14-36-34-12-3-8-19-46(34)52-48(36)44/h1-20,22-23,25-28H,21,24H2. The number of allylic oxidation sites excluding steroid dienone is 1. The molecule has 4 aromatic heterocycles. The Morgan fingerprint density at radius 2 is 1.08 bits per heavy atom. The summed E-state index contributed by atoms with van der Waals surface area (Å²) in [4.78, 5) is 0. The Bertz CT molecular complexity index is 3310. The van der Waals surface area contributed by atoms with Crippen molar-refractivity contribution in [3.8, 4) is 11.4 Å². The summed E-state index contributed by atoms with van der Waals surface area (Å²) in [5.41, 5.74) is 11.7. The Morgan fingerprint density at radius 3 is 1.92 bits per heavy atom.